The van der Waals surface area contributed by atoms with E-state index in [1.165, 1.54) is 12.8 Å². The summed E-state index contributed by atoms with van der Waals surface area (Å²) >= 11 is 0. The summed E-state index contributed by atoms with van der Waals surface area (Å²) in [6.07, 6.45) is 8.22. The highest BCUT2D eigenvalue weighted by Gasteiger charge is 2.27. The van der Waals surface area contributed by atoms with Crippen LogP contribution in [0.25, 0.3) is 22.2 Å². The molecule has 2 amide bonds. The standard InChI is InChI=1S/C29H36N4O3/c1-4-25(34)32-20-8-10-21(11-9-20)33-29(35)26-18(3)31-27-22(13-14-30-28(26)27)23-15-17(2)5-12-24(23)36-16-19-6-7-19/h5,12-15,19-21,31H,4,6-11,16H2,1-3H3,(H,32,34)(H,33,35)/t20-,21+. The van der Waals surface area contributed by atoms with Gasteiger partial charge in [0.05, 0.1) is 17.7 Å². The first-order chi connectivity index (χ1) is 17.4. The number of amides is 2. The number of ether oxygens (including phenoxy) is 1. The third-order valence-electron chi connectivity index (χ3n) is 7.45. The van der Waals surface area contributed by atoms with E-state index in [1.54, 1.807) is 6.20 Å². The molecule has 2 heterocycles. The molecule has 2 aliphatic rings. The Labute approximate surface area is 212 Å². The molecule has 190 valence electrons. The summed E-state index contributed by atoms with van der Waals surface area (Å²) in [6.45, 7) is 6.61. The molecule has 2 aliphatic carbocycles. The number of benzene rings is 1. The van der Waals surface area contributed by atoms with Gasteiger partial charge < -0.3 is 20.4 Å². The number of H-pyrrole nitrogens is 1. The van der Waals surface area contributed by atoms with Gasteiger partial charge in [0.1, 0.15) is 11.3 Å². The van der Waals surface area contributed by atoms with Crippen LogP contribution in [0.3, 0.4) is 0 Å². The number of nitrogens with zero attached hydrogens (tertiary/aromatic N) is 1. The maximum Gasteiger partial charge on any atom is 0.255 e. The Hall–Kier alpha value is -3.35. The summed E-state index contributed by atoms with van der Waals surface area (Å²) in [5, 5.41) is 6.30. The number of aromatic nitrogens is 2. The minimum atomic E-state index is -0.0982. The van der Waals surface area contributed by atoms with Crippen LogP contribution in [-0.4, -0.2) is 40.5 Å². The van der Waals surface area contributed by atoms with Crippen molar-refractivity contribution in [1.82, 2.24) is 20.6 Å². The molecular weight excluding hydrogens is 452 g/mol. The van der Waals surface area contributed by atoms with Crippen LogP contribution in [0.2, 0.25) is 0 Å². The van der Waals surface area contributed by atoms with Crippen LogP contribution in [0.5, 0.6) is 5.75 Å². The lowest BCUT2D eigenvalue weighted by atomic mass is 9.91. The molecule has 0 aliphatic heterocycles. The van der Waals surface area contributed by atoms with Crippen molar-refractivity contribution < 1.29 is 14.3 Å². The van der Waals surface area contributed by atoms with E-state index in [0.29, 0.717) is 23.4 Å². The Kier molecular flexibility index (Phi) is 6.99. The summed E-state index contributed by atoms with van der Waals surface area (Å²) in [4.78, 5) is 33.2. The number of hydrogen-bond donors (Lipinski definition) is 3. The summed E-state index contributed by atoms with van der Waals surface area (Å²) in [5.74, 6) is 1.52. The molecule has 7 nitrogen and oxygen atoms in total. The Morgan fingerprint density at radius 1 is 1.00 bits per heavy atom. The number of hydrogen-bond acceptors (Lipinski definition) is 4. The second-order valence-corrected chi connectivity index (χ2v) is 10.4. The van der Waals surface area contributed by atoms with E-state index in [9.17, 15) is 9.59 Å². The molecule has 1 aromatic carbocycles. The molecule has 7 heteroatoms. The topological polar surface area (TPSA) is 96.1 Å². The molecule has 0 saturated heterocycles. The van der Waals surface area contributed by atoms with Crippen LogP contribution in [0.15, 0.2) is 30.5 Å². The molecular formula is C29H36N4O3. The van der Waals surface area contributed by atoms with Gasteiger partial charge in [-0.1, -0.05) is 18.6 Å². The predicted molar refractivity (Wildman–Crippen MR) is 141 cm³/mol. The van der Waals surface area contributed by atoms with E-state index >= 15 is 0 Å². The van der Waals surface area contributed by atoms with Gasteiger partial charge in [0.2, 0.25) is 5.91 Å². The van der Waals surface area contributed by atoms with Gasteiger partial charge in [-0.3, -0.25) is 14.6 Å². The smallest absolute Gasteiger partial charge is 0.255 e. The Bertz CT molecular complexity index is 1270. The molecule has 2 fully saturated rings. The van der Waals surface area contributed by atoms with Crippen LogP contribution < -0.4 is 15.4 Å². The van der Waals surface area contributed by atoms with E-state index in [-0.39, 0.29) is 23.9 Å². The van der Waals surface area contributed by atoms with Gasteiger partial charge in [-0.05, 0) is 76.5 Å². The van der Waals surface area contributed by atoms with Crippen molar-refractivity contribution in [3.05, 3.63) is 47.3 Å². The fourth-order valence-electron chi connectivity index (χ4n) is 5.15. The quantitative estimate of drug-likeness (QED) is 0.406. The molecule has 0 atom stereocenters. The van der Waals surface area contributed by atoms with Gasteiger partial charge in [0.25, 0.3) is 5.91 Å². The fraction of sp³-hybridized carbons (Fsp3) is 0.483. The normalized spacial score (nSPS) is 19.8. The van der Waals surface area contributed by atoms with Crippen molar-refractivity contribution in [2.75, 3.05) is 6.61 Å². The van der Waals surface area contributed by atoms with Gasteiger partial charge in [0.15, 0.2) is 0 Å². The van der Waals surface area contributed by atoms with Crippen molar-refractivity contribution in [1.29, 1.82) is 0 Å². The zero-order chi connectivity index (χ0) is 25.2. The number of nitrogens with one attached hydrogen (secondary N) is 3. The second-order valence-electron chi connectivity index (χ2n) is 10.4. The Balaban J connectivity index is 1.37. The Morgan fingerprint density at radius 2 is 1.72 bits per heavy atom. The highest BCUT2D eigenvalue weighted by Crippen LogP contribution is 2.38. The molecule has 2 aromatic heterocycles. The van der Waals surface area contributed by atoms with Crippen LogP contribution in [-0.2, 0) is 4.79 Å². The summed E-state index contributed by atoms with van der Waals surface area (Å²) in [6, 6.07) is 8.55. The number of aromatic amines is 1. The zero-order valence-corrected chi connectivity index (χ0v) is 21.4. The molecule has 3 N–H and O–H groups in total. The van der Waals surface area contributed by atoms with Crippen molar-refractivity contribution in [2.24, 2.45) is 5.92 Å². The number of carbonyl (C=O) groups excluding carboxylic acids is 2. The second kappa shape index (κ2) is 10.3. The highest BCUT2D eigenvalue weighted by atomic mass is 16.5. The van der Waals surface area contributed by atoms with E-state index in [0.717, 1.165) is 65.9 Å². The van der Waals surface area contributed by atoms with Gasteiger partial charge in [0, 0.05) is 41.5 Å². The maximum atomic E-state index is 13.4. The first-order valence-corrected chi connectivity index (χ1v) is 13.2. The number of rotatable bonds is 8. The average Bonchev–Trinajstić information content (AvgIpc) is 3.63. The van der Waals surface area contributed by atoms with Gasteiger partial charge in [-0.15, -0.1) is 0 Å². The van der Waals surface area contributed by atoms with Gasteiger partial charge in [-0.2, -0.15) is 0 Å². The minimum absolute atomic E-state index is 0.0912. The van der Waals surface area contributed by atoms with Crippen molar-refractivity contribution in [3.63, 3.8) is 0 Å². The molecule has 0 unspecified atom stereocenters. The third kappa shape index (κ3) is 5.25. The molecule has 3 aromatic rings. The molecule has 5 rings (SSSR count). The predicted octanol–water partition coefficient (Wildman–Crippen LogP) is 5.20. The number of pyridine rings is 1. The number of aryl methyl sites for hydroxylation is 2. The van der Waals surface area contributed by atoms with E-state index in [1.807, 2.05) is 26.0 Å². The largest absolute Gasteiger partial charge is 0.493 e. The fourth-order valence-corrected chi connectivity index (χ4v) is 5.15. The molecule has 0 radical (unpaired) electrons. The lowest BCUT2D eigenvalue weighted by Gasteiger charge is -2.29. The van der Waals surface area contributed by atoms with Crippen LogP contribution in [0.4, 0.5) is 0 Å². The summed E-state index contributed by atoms with van der Waals surface area (Å²) in [7, 11) is 0. The van der Waals surface area contributed by atoms with Crippen molar-refractivity contribution in [2.45, 2.75) is 77.8 Å². The van der Waals surface area contributed by atoms with Crippen LogP contribution in [0, 0.1) is 19.8 Å². The number of carbonyl (C=O) groups is 2. The zero-order valence-electron chi connectivity index (χ0n) is 21.4. The molecule has 36 heavy (non-hydrogen) atoms. The van der Waals surface area contributed by atoms with Crippen LogP contribution >= 0.6 is 0 Å². The third-order valence-corrected chi connectivity index (χ3v) is 7.45. The minimum Gasteiger partial charge on any atom is -0.493 e. The molecule has 2 saturated carbocycles. The van der Waals surface area contributed by atoms with Crippen molar-refractivity contribution in [3.8, 4) is 16.9 Å². The number of fused-ring (bicyclic) bond motifs is 1. The first-order valence-electron chi connectivity index (χ1n) is 13.2. The maximum absolute atomic E-state index is 13.4. The average molecular weight is 489 g/mol. The van der Waals surface area contributed by atoms with Gasteiger partial charge >= 0.3 is 0 Å². The molecule has 0 bridgehead atoms. The van der Waals surface area contributed by atoms with Gasteiger partial charge in [-0.25, -0.2) is 0 Å². The molecule has 0 spiro atoms. The van der Waals surface area contributed by atoms with E-state index < -0.39 is 0 Å². The van der Waals surface area contributed by atoms with Crippen molar-refractivity contribution >= 4 is 22.8 Å². The Morgan fingerprint density at radius 3 is 2.42 bits per heavy atom. The lowest BCUT2D eigenvalue weighted by molar-refractivity contribution is -0.121. The van der Waals surface area contributed by atoms with E-state index in [4.69, 9.17) is 4.74 Å². The SMILES string of the molecule is CCC(=O)N[C@H]1CC[C@@H](NC(=O)c2c(C)[nH]c3c(-c4cc(C)ccc4OCC4CC4)ccnc23)CC1. The lowest BCUT2D eigenvalue weighted by Crippen LogP contribution is -2.43. The summed E-state index contributed by atoms with van der Waals surface area (Å²) in [5.41, 5.74) is 6.10. The monoisotopic (exact) mass is 488 g/mol. The summed E-state index contributed by atoms with van der Waals surface area (Å²) < 4.78 is 6.20. The van der Waals surface area contributed by atoms with Crippen LogP contribution in [0.1, 0.15) is 73.5 Å². The highest BCUT2D eigenvalue weighted by molar-refractivity contribution is 6.09. The van der Waals surface area contributed by atoms with E-state index in [2.05, 4.69) is 39.7 Å². The first kappa shape index (κ1) is 24.3.